The van der Waals surface area contributed by atoms with Crippen molar-refractivity contribution in [2.24, 2.45) is 0 Å². The summed E-state index contributed by atoms with van der Waals surface area (Å²) in [6, 6.07) is 0. The number of phosphoric ester groups is 2. The fourth-order valence-electron chi connectivity index (χ4n) is 4.32. The van der Waals surface area contributed by atoms with Crippen LogP contribution in [0, 0.1) is 0 Å². The van der Waals surface area contributed by atoms with E-state index in [1.165, 1.54) is 0 Å². The number of rotatable bonds is 22. The van der Waals surface area contributed by atoms with Gasteiger partial charge in [-0.3, -0.25) is 23.2 Å². The summed E-state index contributed by atoms with van der Waals surface area (Å²) >= 11 is 0. The standard InChI is InChI=1S/C25H48O16P2.2H3N/c1-3-5-7-9-11-13-18(26)37-15-17(39-19(27)14-12-10-8-6-4-2)16-38-43(35,36)41-25-22(30)20(28)24(21(29)23(25)31)40-42(32,33)34;;/h17,20-25,28-31H,3-16H2,1-2H3,(H,35,36)(H2,32,33,34);2*1H3/t17-,20-,21+,22-,23-,24?,25?;;/m1../s1. The fraction of sp³-hybridized carbons (Fsp3) is 0.920. The molecule has 0 aromatic heterocycles. The molecule has 1 fully saturated rings. The Balaban J connectivity index is 0. The zero-order chi connectivity index (χ0) is 32.6. The Labute approximate surface area is 263 Å². The van der Waals surface area contributed by atoms with Crippen molar-refractivity contribution >= 4 is 27.6 Å². The molecule has 8 atom stereocenters. The number of unbranched alkanes of at least 4 members (excludes halogenated alkanes) is 8. The number of carbonyl (C=O) groups excluding carboxylic acids is 2. The van der Waals surface area contributed by atoms with Crippen LogP contribution in [-0.2, 0) is 41.8 Å². The van der Waals surface area contributed by atoms with Crippen LogP contribution in [0.25, 0.3) is 0 Å². The largest absolute Gasteiger partial charge is 0.472 e. The maximum Gasteiger partial charge on any atom is 0.472 e. The molecule has 0 heterocycles. The van der Waals surface area contributed by atoms with E-state index in [9.17, 15) is 44.0 Å². The lowest BCUT2D eigenvalue weighted by atomic mass is 9.85. The summed E-state index contributed by atoms with van der Waals surface area (Å²) in [5.74, 6) is -1.22. The molecule has 0 aromatic carbocycles. The minimum Gasteiger partial charge on any atom is -0.462 e. The Morgan fingerprint density at radius 3 is 1.51 bits per heavy atom. The summed E-state index contributed by atoms with van der Waals surface area (Å²) in [6.45, 7) is 2.80. The van der Waals surface area contributed by atoms with Gasteiger partial charge in [-0.2, -0.15) is 0 Å². The molecule has 45 heavy (non-hydrogen) atoms. The SMILES string of the molecule is CCCCCCCC(=O)OC[C@H](COP(=O)(O)OC1[C@H](O)[C@H](O)C(OP(=O)(O)O)[C@H](O)[C@H]1O)OC(=O)CCCCCCC.N.N. The van der Waals surface area contributed by atoms with Gasteiger partial charge < -0.3 is 56.9 Å². The molecule has 0 amide bonds. The third-order valence-electron chi connectivity index (χ3n) is 6.68. The average Bonchev–Trinajstić information content (AvgIpc) is 2.93. The van der Waals surface area contributed by atoms with Gasteiger partial charge in [0.05, 0.1) is 6.61 Å². The molecule has 3 unspecified atom stereocenters. The third-order valence-corrected chi connectivity index (χ3v) is 8.18. The van der Waals surface area contributed by atoms with E-state index < -0.39 is 83.5 Å². The van der Waals surface area contributed by atoms with Crippen LogP contribution in [-0.4, -0.2) is 103 Å². The van der Waals surface area contributed by atoms with Crippen LogP contribution in [0.1, 0.15) is 90.9 Å². The van der Waals surface area contributed by atoms with E-state index in [2.05, 4.69) is 11.4 Å². The molecule has 13 N–H and O–H groups in total. The number of ether oxygens (including phenoxy) is 2. The number of hydrogen-bond acceptors (Lipinski definition) is 15. The van der Waals surface area contributed by atoms with Crippen molar-refractivity contribution < 1.29 is 76.9 Å². The molecule has 0 spiro atoms. The maximum absolute atomic E-state index is 12.6. The molecule has 0 saturated heterocycles. The molecular weight excluding hydrogens is 646 g/mol. The van der Waals surface area contributed by atoms with Crippen LogP contribution in [0.2, 0.25) is 0 Å². The van der Waals surface area contributed by atoms with Crippen LogP contribution in [0.5, 0.6) is 0 Å². The number of phosphoric acid groups is 2. The molecule has 0 radical (unpaired) electrons. The van der Waals surface area contributed by atoms with Crippen molar-refractivity contribution in [3.05, 3.63) is 0 Å². The van der Waals surface area contributed by atoms with Gasteiger partial charge in [0.1, 0.15) is 43.2 Å². The first-order chi connectivity index (χ1) is 20.1. The Bertz CT molecular complexity index is 910. The molecule has 1 aliphatic carbocycles. The Morgan fingerprint density at radius 2 is 1.07 bits per heavy atom. The number of hydrogen-bond donors (Lipinski definition) is 9. The monoisotopic (exact) mass is 700 g/mol. The number of carbonyl (C=O) groups is 2. The van der Waals surface area contributed by atoms with Crippen LogP contribution >= 0.6 is 15.6 Å². The Hall–Kier alpha value is -1.08. The minimum absolute atomic E-state index is 0. The van der Waals surface area contributed by atoms with Gasteiger partial charge in [0.2, 0.25) is 0 Å². The average molecular weight is 701 g/mol. The van der Waals surface area contributed by atoms with Gasteiger partial charge in [0.25, 0.3) is 0 Å². The van der Waals surface area contributed by atoms with E-state index in [0.717, 1.165) is 51.4 Å². The highest BCUT2D eigenvalue weighted by molar-refractivity contribution is 7.47. The van der Waals surface area contributed by atoms with E-state index in [1.807, 2.05) is 6.92 Å². The van der Waals surface area contributed by atoms with E-state index in [4.69, 9.17) is 28.3 Å². The second-order valence-electron chi connectivity index (χ2n) is 10.5. The van der Waals surface area contributed by atoms with Crippen LogP contribution in [0.3, 0.4) is 0 Å². The quantitative estimate of drug-likeness (QED) is 0.0442. The second kappa shape index (κ2) is 23.3. The second-order valence-corrected chi connectivity index (χ2v) is 13.1. The first-order valence-electron chi connectivity index (χ1n) is 14.6. The topological polar surface area (TPSA) is 326 Å². The summed E-state index contributed by atoms with van der Waals surface area (Å²) in [5, 5.41) is 40.8. The van der Waals surface area contributed by atoms with Gasteiger partial charge in [-0.15, -0.1) is 0 Å². The molecule has 0 bridgehead atoms. The van der Waals surface area contributed by atoms with Gasteiger partial charge in [-0.1, -0.05) is 65.2 Å². The van der Waals surface area contributed by atoms with Gasteiger partial charge in [0, 0.05) is 12.8 Å². The maximum atomic E-state index is 12.6. The van der Waals surface area contributed by atoms with Crippen LogP contribution in [0.4, 0.5) is 0 Å². The number of esters is 2. The molecule has 20 heteroatoms. The first-order valence-corrected chi connectivity index (χ1v) is 17.6. The molecule has 270 valence electrons. The van der Waals surface area contributed by atoms with Crippen molar-refractivity contribution in [3.63, 3.8) is 0 Å². The molecule has 0 aromatic rings. The summed E-state index contributed by atoms with van der Waals surface area (Å²) in [6.07, 6.45) is -5.75. The zero-order valence-corrected chi connectivity index (χ0v) is 27.8. The fourth-order valence-corrected chi connectivity index (χ4v) is 5.85. The lowest BCUT2D eigenvalue weighted by Crippen LogP contribution is -2.64. The van der Waals surface area contributed by atoms with E-state index in [-0.39, 0.29) is 25.1 Å². The lowest BCUT2D eigenvalue weighted by Gasteiger charge is -2.43. The molecule has 0 aliphatic heterocycles. The third kappa shape index (κ3) is 18.7. The normalized spacial score (nSPS) is 25.3. The Kier molecular flexibility index (Phi) is 23.8. The molecular formula is C25H54N2O16P2. The van der Waals surface area contributed by atoms with Crippen molar-refractivity contribution in [2.45, 2.75) is 134 Å². The van der Waals surface area contributed by atoms with Gasteiger partial charge in [-0.05, 0) is 12.8 Å². The van der Waals surface area contributed by atoms with Gasteiger partial charge in [-0.25, -0.2) is 9.13 Å². The van der Waals surface area contributed by atoms with Crippen LogP contribution < -0.4 is 12.3 Å². The zero-order valence-electron chi connectivity index (χ0n) is 26.1. The highest BCUT2D eigenvalue weighted by Gasteiger charge is 2.54. The van der Waals surface area contributed by atoms with E-state index in [1.54, 1.807) is 0 Å². The van der Waals surface area contributed by atoms with Crippen molar-refractivity contribution in [1.82, 2.24) is 12.3 Å². The van der Waals surface area contributed by atoms with Crippen molar-refractivity contribution in [3.8, 4) is 0 Å². The molecule has 1 rings (SSSR count). The lowest BCUT2D eigenvalue weighted by molar-refractivity contribution is -0.216. The summed E-state index contributed by atoms with van der Waals surface area (Å²) in [5.41, 5.74) is 0. The molecule has 18 nitrogen and oxygen atoms in total. The van der Waals surface area contributed by atoms with E-state index >= 15 is 0 Å². The van der Waals surface area contributed by atoms with E-state index in [0.29, 0.717) is 12.8 Å². The summed E-state index contributed by atoms with van der Waals surface area (Å²) in [4.78, 5) is 52.6. The van der Waals surface area contributed by atoms with Gasteiger partial charge >= 0.3 is 27.6 Å². The highest BCUT2D eigenvalue weighted by Crippen LogP contribution is 2.48. The first kappa shape index (κ1) is 46.0. The predicted molar refractivity (Wildman–Crippen MR) is 159 cm³/mol. The van der Waals surface area contributed by atoms with Crippen LogP contribution in [0.15, 0.2) is 0 Å². The smallest absolute Gasteiger partial charge is 0.462 e. The van der Waals surface area contributed by atoms with Crippen molar-refractivity contribution in [1.29, 1.82) is 0 Å². The minimum atomic E-state index is -5.28. The van der Waals surface area contributed by atoms with Gasteiger partial charge in [0.15, 0.2) is 6.10 Å². The highest BCUT2D eigenvalue weighted by atomic mass is 31.2. The molecule has 1 saturated carbocycles. The Morgan fingerprint density at radius 1 is 0.644 bits per heavy atom. The number of aliphatic hydroxyl groups excluding tert-OH is 4. The predicted octanol–water partition coefficient (Wildman–Crippen LogP) is 1.92. The summed E-state index contributed by atoms with van der Waals surface area (Å²) < 4.78 is 48.0. The molecule has 1 aliphatic rings. The van der Waals surface area contributed by atoms with Crippen molar-refractivity contribution in [2.75, 3.05) is 13.2 Å². The summed E-state index contributed by atoms with van der Waals surface area (Å²) in [7, 11) is -10.5. The number of aliphatic hydroxyl groups is 4.